The predicted molar refractivity (Wildman–Crippen MR) is 68.7 cm³/mol. The second kappa shape index (κ2) is 5.53. The van der Waals surface area contributed by atoms with Crippen LogP contribution in [0.25, 0.3) is 0 Å². The lowest BCUT2D eigenvalue weighted by Crippen LogP contribution is -2.38. The normalized spacial score (nSPS) is 15.7. The third kappa shape index (κ3) is 3.55. The van der Waals surface area contributed by atoms with E-state index < -0.39 is 5.82 Å². The van der Waals surface area contributed by atoms with Gasteiger partial charge in [-0.25, -0.2) is 9.38 Å². The molecule has 0 unspecified atom stereocenters. The summed E-state index contributed by atoms with van der Waals surface area (Å²) >= 11 is 0. The molecule has 102 valence electrons. The van der Waals surface area contributed by atoms with Crippen LogP contribution < -0.4 is 21.9 Å². The average Bonchev–Trinajstić information content (AvgIpc) is 2.24. The molecule has 7 nitrogen and oxygen atoms in total. The van der Waals surface area contributed by atoms with Gasteiger partial charge in [-0.1, -0.05) is 0 Å². The van der Waals surface area contributed by atoms with Crippen molar-refractivity contribution >= 4 is 17.6 Å². The first-order valence-electron chi connectivity index (χ1n) is 5.52. The summed E-state index contributed by atoms with van der Waals surface area (Å²) < 4.78 is 23.8. The maximum absolute atomic E-state index is 13.2. The number of halogens is 1. The molecule has 1 heterocycles. The van der Waals surface area contributed by atoms with E-state index in [9.17, 15) is 4.39 Å². The summed E-state index contributed by atoms with van der Waals surface area (Å²) in [7, 11) is 0. The molecule has 0 spiro atoms. The van der Waals surface area contributed by atoms with Crippen LogP contribution in [0.3, 0.4) is 0 Å². The fraction of sp³-hybridized carbons (Fsp3) is 0.273. The van der Waals surface area contributed by atoms with E-state index >= 15 is 0 Å². The number of ether oxygens (including phenoxy) is 2. The highest BCUT2D eigenvalue weighted by atomic mass is 19.1. The number of hydrogen-bond donors (Lipinski definition) is 3. The van der Waals surface area contributed by atoms with Crippen LogP contribution in [-0.2, 0) is 4.74 Å². The average molecular weight is 267 g/mol. The maximum Gasteiger partial charge on any atom is 0.223 e. The van der Waals surface area contributed by atoms with E-state index in [2.05, 4.69) is 9.98 Å². The van der Waals surface area contributed by atoms with Crippen molar-refractivity contribution < 1.29 is 13.9 Å². The summed E-state index contributed by atoms with van der Waals surface area (Å²) in [5.41, 5.74) is 16.1. The fourth-order valence-corrected chi connectivity index (χ4v) is 1.42. The van der Waals surface area contributed by atoms with Crippen molar-refractivity contribution in [3.63, 3.8) is 0 Å². The molecule has 8 heteroatoms. The molecule has 0 radical (unpaired) electrons. The lowest BCUT2D eigenvalue weighted by atomic mass is 10.2. The highest BCUT2D eigenvalue weighted by Gasteiger charge is 2.21. The Kier molecular flexibility index (Phi) is 3.81. The van der Waals surface area contributed by atoms with Crippen molar-refractivity contribution in [1.82, 2.24) is 0 Å². The standard InChI is InChI=1S/C11H14FN5O2/c12-6-1-2-9(19-7-4-18-5-7)8(3-6)16-11(15)17-10(13)14/h1-3,7H,4-5H2,(H6,13,14,15,16,17). The molecule has 0 aliphatic carbocycles. The minimum Gasteiger partial charge on any atom is -0.483 e. The van der Waals surface area contributed by atoms with Gasteiger partial charge in [-0.3, -0.25) is 0 Å². The molecule has 0 saturated carbocycles. The molecule has 1 fully saturated rings. The predicted octanol–water partition coefficient (Wildman–Crippen LogP) is -0.177. The van der Waals surface area contributed by atoms with Crippen LogP contribution in [0.4, 0.5) is 10.1 Å². The van der Waals surface area contributed by atoms with Gasteiger partial charge in [0.1, 0.15) is 23.4 Å². The fourth-order valence-electron chi connectivity index (χ4n) is 1.42. The molecular formula is C11H14FN5O2. The molecule has 2 rings (SSSR count). The molecule has 6 N–H and O–H groups in total. The number of guanidine groups is 2. The van der Waals surface area contributed by atoms with Crippen LogP contribution in [0.15, 0.2) is 28.2 Å². The van der Waals surface area contributed by atoms with Gasteiger partial charge in [0.2, 0.25) is 5.96 Å². The van der Waals surface area contributed by atoms with Gasteiger partial charge in [0.05, 0.1) is 13.2 Å². The number of hydrogen-bond acceptors (Lipinski definition) is 3. The second-order valence-electron chi connectivity index (χ2n) is 3.90. The van der Waals surface area contributed by atoms with Crippen LogP contribution in [0.2, 0.25) is 0 Å². The Balaban J connectivity index is 2.25. The molecule has 1 aromatic rings. The monoisotopic (exact) mass is 267 g/mol. The van der Waals surface area contributed by atoms with Gasteiger partial charge >= 0.3 is 0 Å². The number of aliphatic imine (C=N–C) groups is 2. The zero-order valence-electron chi connectivity index (χ0n) is 10.0. The van der Waals surface area contributed by atoms with E-state index in [0.717, 1.165) is 0 Å². The van der Waals surface area contributed by atoms with Gasteiger partial charge in [0, 0.05) is 6.07 Å². The Hall–Kier alpha value is -2.35. The molecule has 1 aliphatic heterocycles. The smallest absolute Gasteiger partial charge is 0.223 e. The van der Waals surface area contributed by atoms with Crippen molar-refractivity contribution in [2.75, 3.05) is 13.2 Å². The Bertz CT molecular complexity index is 524. The van der Waals surface area contributed by atoms with Gasteiger partial charge < -0.3 is 26.7 Å². The van der Waals surface area contributed by atoms with Crippen molar-refractivity contribution in [3.8, 4) is 5.75 Å². The van der Waals surface area contributed by atoms with Crippen molar-refractivity contribution in [1.29, 1.82) is 0 Å². The van der Waals surface area contributed by atoms with Gasteiger partial charge in [-0.15, -0.1) is 0 Å². The first-order chi connectivity index (χ1) is 9.04. The van der Waals surface area contributed by atoms with Crippen molar-refractivity contribution in [2.45, 2.75) is 6.10 Å². The van der Waals surface area contributed by atoms with E-state index in [4.69, 9.17) is 26.7 Å². The lowest BCUT2D eigenvalue weighted by Gasteiger charge is -2.27. The van der Waals surface area contributed by atoms with E-state index in [1.54, 1.807) is 0 Å². The third-order valence-corrected chi connectivity index (χ3v) is 2.30. The molecular weight excluding hydrogens is 253 g/mol. The Morgan fingerprint density at radius 1 is 1.32 bits per heavy atom. The van der Waals surface area contributed by atoms with Crippen LogP contribution in [0, 0.1) is 5.82 Å². The molecule has 19 heavy (non-hydrogen) atoms. The van der Waals surface area contributed by atoms with Crippen molar-refractivity contribution in [2.24, 2.45) is 27.2 Å². The van der Waals surface area contributed by atoms with Crippen LogP contribution in [0.1, 0.15) is 0 Å². The Morgan fingerprint density at radius 2 is 2.05 bits per heavy atom. The first-order valence-corrected chi connectivity index (χ1v) is 5.52. The highest BCUT2D eigenvalue weighted by molar-refractivity contribution is 5.93. The summed E-state index contributed by atoms with van der Waals surface area (Å²) in [5, 5.41) is 0. The minimum absolute atomic E-state index is 0.0660. The largest absolute Gasteiger partial charge is 0.483 e. The Morgan fingerprint density at radius 3 is 2.63 bits per heavy atom. The molecule has 0 atom stereocenters. The number of nitrogens with two attached hydrogens (primary N) is 3. The summed E-state index contributed by atoms with van der Waals surface area (Å²) in [6.07, 6.45) is -0.0660. The van der Waals surface area contributed by atoms with E-state index in [1.165, 1.54) is 18.2 Å². The van der Waals surface area contributed by atoms with E-state index in [-0.39, 0.29) is 23.7 Å². The van der Waals surface area contributed by atoms with Crippen LogP contribution >= 0.6 is 0 Å². The first kappa shape index (κ1) is 13.1. The number of benzene rings is 1. The number of rotatable bonds is 3. The quantitative estimate of drug-likeness (QED) is 0.518. The second-order valence-corrected chi connectivity index (χ2v) is 3.90. The summed E-state index contributed by atoms with van der Waals surface area (Å²) in [6.45, 7) is 0.980. The molecule has 1 saturated heterocycles. The topological polar surface area (TPSA) is 121 Å². The molecule has 1 aromatic carbocycles. The van der Waals surface area contributed by atoms with Crippen LogP contribution in [0.5, 0.6) is 5.75 Å². The molecule has 0 amide bonds. The van der Waals surface area contributed by atoms with Gasteiger partial charge in [-0.05, 0) is 12.1 Å². The molecule has 1 aliphatic rings. The van der Waals surface area contributed by atoms with Crippen LogP contribution in [-0.4, -0.2) is 31.2 Å². The highest BCUT2D eigenvalue weighted by Crippen LogP contribution is 2.30. The van der Waals surface area contributed by atoms with E-state index in [1.807, 2.05) is 0 Å². The lowest BCUT2D eigenvalue weighted by molar-refractivity contribution is -0.0794. The zero-order chi connectivity index (χ0) is 13.8. The van der Waals surface area contributed by atoms with Gasteiger partial charge in [-0.2, -0.15) is 4.99 Å². The zero-order valence-corrected chi connectivity index (χ0v) is 10.0. The summed E-state index contributed by atoms with van der Waals surface area (Å²) in [5.74, 6) is -0.482. The van der Waals surface area contributed by atoms with E-state index in [0.29, 0.717) is 19.0 Å². The van der Waals surface area contributed by atoms with Gasteiger partial charge in [0.25, 0.3) is 0 Å². The van der Waals surface area contributed by atoms with Gasteiger partial charge in [0.15, 0.2) is 5.96 Å². The summed E-state index contributed by atoms with van der Waals surface area (Å²) in [4.78, 5) is 7.47. The maximum atomic E-state index is 13.2. The minimum atomic E-state index is -0.464. The third-order valence-electron chi connectivity index (χ3n) is 2.30. The van der Waals surface area contributed by atoms with Crippen molar-refractivity contribution in [3.05, 3.63) is 24.0 Å². The summed E-state index contributed by atoms with van der Waals surface area (Å²) in [6, 6.07) is 3.92. The SMILES string of the molecule is NC(N)=NC(N)=Nc1cc(F)ccc1OC1COC1. The number of nitrogens with zero attached hydrogens (tertiary/aromatic N) is 2. The Labute approximate surface area is 108 Å². The molecule has 0 bridgehead atoms. The molecule has 0 aromatic heterocycles.